The molecule has 0 aliphatic heterocycles. The minimum absolute atomic E-state index is 0.236. The first-order valence-electron chi connectivity index (χ1n) is 4.22. The van der Waals surface area contributed by atoms with Gasteiger partial charge in [0.25, 0.3) is 5.91 Å². The largest absolute Gasteiger partial charge is 0.272 e. The van der Waals surface area contributed by atoms with Crippen LogP contribution in [0.25, 0.3) is 0 Å². The molecule has 1 heterocycles. The van der Waals surface area contributed by atoms with Crippen molar-refractivity contribution < 1.29 is 9.59 Å². The van der Waals surface area contributed by atoms with Crippen molar-refractivity contribution in [3.8, 4) is 0 Å². The number of pyridine rings is 1. The lowest BCUT2D eigenvalue weighted by Crippen LogP contribution is -2.42. The molecule has 0 spiro atoms. The van der Waals surface area contributed by atoms with Crippen LogP contribution in [0.4, 0.5) is 0 Å². The van der Waals surface area contributed by atoms with E-state index in [1.54, 1.807) is 18.3 Å². The monoisotopic (exact) mass is 225 g/mol. The molecule has 2 N–H and O–H groups in total. The van der Waals surface area contributed by atoms with Gasteiger partial charge in [0.2, 0.25) is 5.91 Å². The third-order valence-electron chi connectivity index (χ3n) is 1.51. The predicted octanol–water partition coefficient (Wildman–Crippen LogP) is 0.206. The number of carbonyl (C=O) groups is 2. The Hall–Kier alpha value is -1.56. The summed E-state index contributed by atoms with van der Waals surface area (Å²) in [5.41, 5.74) is 4.99. The SMILES string of the molecule is CSCC(=O)NNC(=O)c1cccnc1. The number of aromatic nitrogens is 1. The van der Waals surface area contributed by atoms with Gasteiger partial charge in [0.15, 0.2) is 0 Å². The third-order valence-corrected chi connectivity index (χ3v) is 2.07. The van der Waals surface area contributed by atoms with E-state index >= 15 is 0 Å². The fourth-order valence-corrected chi connectivity index (χ4v) is 1.20. The third kappa shape index (κ3) is 3.99. The number of thioether (sulfide) groups is 1. The molecule has 6 heteroatoms. The highest BCUT2D eigenvalue weighted by molar-refractivity contribution is 7.99. The Bertz CT molecular complexity index is 342. The zero-order valence-electron chi connectivity index (χ0n) is 8.19. The zero-order chi connectivity index (χ0) is 11.1. The Morgan fingerprint density at radius 2 is 2.27 bits per heavy atom. The summed E-state index contributed by atoms with van der Waals surface area (Å²) < 4.78 is 0. The first-order valence-corrected chi connectivity index (χ1v) is 5.61. The van der Waals surface area contributed by atoms with Gasteiger partial charge in [-0.1, -0.05) is 0 Å². The number of nitrogens with zero attached hydrogens (tertiary/aromatic N) is 1. The predicted molar refractivity (Wildman–Crippen MR) is 58.2 cm³/mol. The normalized spacial score (nSPS) is 9.40. The molecular formula is C9H11N3O2S. The second-order valence-corrected chi connectivity index (χ2v) is 3.54. The van der Waals surface area contributed by atoms with Crippen molar-refractivity contribution >= 4 is 23.6 Å². The molecule has 0 fully saturated rings. The smallest absolute Gasteiger partial charge is 0.271 e. The van der Waals surface area contributed by atoms with Crippen molar-refractivity contribution in [3.63, 3.8) is 0 Å². The molecule has 0 aliphatic carbocycles. The van der Waals surface area contributed by atoms with E-state index < -0.39 is 0 Å². The number of nitrogens with one attached hydrogen (secondary N) is 2. The van der Waals surface area contributed by atoms with Crippen molar-refractivity contribution in [3.05, 3.63) is 30.1 Å². The lowest BCUT2D eigenvalue weighted by molar-refractivity contribution is -0.119. The van der Waals surface area contributed by atoms with E-state index in [9.17, 15) is 9.59 Å². The number of hydrazine groups is 1. The van der Waals surface area contributed by atoms with Crippen LogP contribution >= 0.6 is 11.8 Å². The van der Waals surface area contributed by atoms with Gasteiger partial charge in [0, 0.05) is 12.4 Å². The first-order chi connectivity index (χ1) is 7.24. The summed E-state index contributed by atoms with van der Waals surface area (Å²) in [6, 6.07) is 3.27. The molecule has 0 atom stereocenters. The van der Waals surface area contributed by atoms with Crippen molar-refractivity contribution in [2.45, 2.75) is 0 Å². The van der Waals surface area contributed by atoms with Crippen LogP contribution in [0.5, 0.6) is 0 Å². The van der Waals surface area contributed by atoms with Crippen LogP contribution in [0, 0.1) is 0 Å². The summed E-state index contributed by atoms with van der Waals surface area (Å²) in [5, 5.41) is 0. The van der Waals surface area contributed by atoms with Gasteiger partial charge in [0.1, 0.15) is 0 Å². The summed E-state index contributed by atoms with van der Waals surface area (Å²) >= 11 is 1.38. The molecule has 1 rings (SSSR count). The summed E-state index contributed by atoms with van der Waals surface area (Å²) in [7, 11) is 0. The van der Waals surface area contributed by atoms with E-state index in [1.807, 2.05) is 6.26 Å². The van der Waals surface area contributed by atoms with E-state index in [2.05, 4.69) is 15.8 Å². The van der Waals surface area contributed by atoms with E-state index in [4.69, 9.17) is 0 Å². The van der Waals surface area contributed by atoms with Gasteiger partial charge in [-0.05, 0) is 18.4 Å². The fourth-order valence-electron chi connectivity index (χ4n) is 0.863. The molecular weight excluding hydrogens is 214 g/mol. The minimum atomic E-state index is -0.377. The molecule has 0 saturated carbocycles. The number of hydrogen-bond acceptors (Lipinski definition) is 4. The zero-order valence-corrected chi connectivity index (χ0v) is 9.00. The maximum atomic E-state index is 11.4. The molecule has 80 valence electrons. The fraction of sp³-hybridized carbons (Fsp3) is 0.222. The van der Waals surface area contributed by atoms with Gasteiger partial charge in [-0.2, -0.15) is 11.8 Å². The van der Waals surface area contributed by atoms with E-state index in [-0.39, 0.29) is 11.8 Å². The summed E-state index contributed by atoms with van der Waals surface area (Å²) in [4.78, 5) is 26.2. The van der Waals surface area contributed by atoms with Crippen molar-refractivity contribution in [1.29, 1.82) is 0 Å². The average molecular weight is 225 g/mol. The second kappa shape index (κ2) is 6.02. The van der Waals surface area contributed by atoms with Crippen molar-refractivity contribution in [1.82, 2.24) is 15.8 Å². The van der Waals surface area contributed by atoms with Gasteiger partial charge in [-0.3, -0.25) is 25.4 Å². The Labute approximate surface area is 91.6 Å². The Balaban J connectivity index is 2.40. The van der Waals surface area contributed by atoms with Crippen molar-refractivity contribution in [2.75, 3.05) is 12.0 Å². The topological polar surface area (TPSA) is 71.1 Å². The molecule has 5 nitrogen and oxygen atoms in total. The van der Waals surface area contributed by atoms with Crippen molar-refractivity contribution in [2.24, 2.45) is 0 Å². The summed E-state index contributed by atoms with van der Waals surface area (Å²) in [6.45, 7) is 0. The van der Waals surface area contributed by atoms with Gasteiger partial charge >= 0.3 is 0 Å². The van der Waals surface area contributed by atoms with E-state index in [0.717, 1.165) is 0 Å². The van der Waals surface area contributed by atoms with Gasteiger partial charge in [-0.15, -0.1) is 0 Å². The highest BCUT2D eigenvalue weighted by Gasteiger charge is 2.05. The van der Waals surface area contributed by atoms with Gasteiger partial charge < -0.3 is 0 Å². The molecule has 0 bridgehead atoms. The Morgan fingerprint density at radius 3 is 2.87 bits per heavy atom. The lowest BCUT2D eigenvalue weighted by atomic mass is 10.3. The molecule has 15 heavy (non-hydrogen) atoms. The molecule has 0 saturated heterocycles. The standard InChI is InChI=1S/C9H11N3O2S/c1-15-6-8(13)11-12-9(14)7-3-2-4-10-5-7/h2-5H,6H2,1H3,(H,11,13)(H,12,14). The van der Waals surface area contributed by atoms with Crippen LogP contribution in [0.1, 0.15) is 10.4 Å². The molecule has 0 aromatic carbocycles. The quantitative estimate of drug-likeness (QED) is 0.721. The molecule has 0 unspecified atom stereocenters. The highest BCUT2D eigenvalue weighted by atomic mass is 32.2. The molecule has 0 aliphatic rings. The van der Waals surface area contributed by atoms with Crippen LogP contribution in [0.2, 0.25) is 0 Å². The number of amides is 2. The Kier molecular flexibility index (Phi) is 4.62. The molecule has 2 amide bonds. The molecule has 1 aromatic rings. The molecule has 0 radical (unpaired) electrons. The number of carbonyl (C=O) groups excluding carboxylic acids is 2. The van der Waals surface area contributed by atoms with Crippen LogP contribution < -0.4 is 10.9 Å². The Morgan fingerprint density at radius 1 is 1.47 bits per heavy atom. The number of hydrogen-bond donors (Lipinski definition) is 2. The van der Waals surface area contributed by atoms with Crippen LogP contribution in [0.15, 0.2) is 24.5 Å². The van der Waals surface area contributed by atoms with Crippen LogP contribution in [0.3, 0.4) is 0 Å². The second-order valence-electron chi connectivity index (χ2n) is 2.68. The maximum absolute atomic E-state index is 11.4. The molecule has 1 aromatic heterocycles. The van der Waals surface area contributed by atoms with Crippen LogP contribution in [-0.2, 0) is 4.79 Å². The maximum Gasteiger partial charge on any atom is 0.271 e. The first kappa shape index (κ1) is 11.5. The summed E-state index contributed by atoms with van der Waals surface area (Å²) in [5.74, 6) is -0.301. The van der Waals surface area contributed by atoms with E-state index in [1.165, 1.54) is 18.0 Å². The lowest BCUT2D eigenvalue weighted by Gasteiger charge is -2.05. The highest BCUT2D eigenvalue weighted by Crippen LogP contribution is 1.94. The van der Waals surface area contributed by atoms with Crippen LogP contribution in [-0.4, -0.2) is 28.8 Å². The number of rotatable bonds is 3. The van der Waals surface area contributed by atoms with Gasteiger partial charge in [-0.25, -0.2) is 0 Å². The summed E-state index contributed by atoms with van der Waals surface area (Å²) in [6.07, 6.45) is 4.81. The van der Waals surface area contributed by atoms with Gasteiger partial charge in [0.05, 0.1) is 11.3 Å². The van der Waals surface area contributed by atoms with E-state index in [0.29, 0.717) is 11.3 Å². The average Bonchev–Trinajstić information content (AvgIpc) is 2.27. The minimum Gasteiger partial charge on any atom is -0.272 e.